The van der Waals surface area contributed by atoms with Gasteiger partial charge in [0.05, 0.1) is 11.8 Å². The first-order chi connectivity index (χ1) is 9.57. The smallest absolute Gasteiger partial charge is 0.272 e. The zero-order valence-corrected chi connectivity index (χ0v) is 12.0. The Balaban J connectivity index is 1.77. The molecular formula is C12H18N4O3S. The minimum absolute atomic E-state index is 0.0453. The van der Waals surface area contributed by atoms with Gasteiger partial charge in [0.1, 0.15) is 5.69 Å². The maximum Gasteiger partial charge on any atom is 0.272 e. The highest BCUT2D eigenvalue weighted by molar-refractivity contribution is 7.89. The van der Waals surface area contributed by atoms with E-state index in [4.69, 9.17) is 0 Å². The van der Waals surface area contributed by atoms with E-state index in [-0.39, 0.29) is 24.7 Å². The minimum Gasteiger partial charge on any atom is -0.335 e. The van der Waals surface area contributed by atoms with Crippen molar-refractivity contribution >= 4 is 15.9 Å². The zero-order chi connectivity index (χ0) is 14.2. The van der Waals surface area contributed by atoms with Crippen molar-refractivity contribution in [3.8, 4) is 0 Å². The van der Waals surface area contributed by atoms with E-state index in [1.165, 1.54) is 6.42 Å². The summed E-state index contributed by atoms with van der Waals surface area (Å²) in [6.45, 7) is 0.892. The Morgan fingerprint density at radius 2 is 2.15 bits per heavy atom. The van der Waals surface area contributed by atoms with Crippen LogP contribution in [0.25, 0.3) is 0 Å². The van der Waals surface area contributed by atoms with Crippen LogP contribution >= 0.6 is 0 Å². The molecule has 2 heterocycles. The molecule has 0 bridgehead atoms. The monoisotopic (exact) mass is 298 g/mol. The van der Waals surface area contributed by atoms with E-state index < -0.39 is 10.0 Å². The maximum absolute atomic E-state index is 12.5. The fourth-order valence-electron chi connectivity index (χ4n) is 2.52. The normalized spacial score (nSPS) is 23.1. The average molecular weight is 298 g/mol. The van der Waals surface area contributed by atoms with Gasteiger partial charge in [-0.25, -0.2) is 13.1 Å². The number of rotatable bonds is 2. The molecule has 1 aromatic rings. The molecule has 20 heavy (non-hydrogen) atoms. The summed E-state index contributed by atoms with van der Waals surface area (Å²) >= 11 is 0. The topological polar surface area (TPSA) is 84.3 Å². The molecule has 1 amide bonds. The Kier molecular flexibility index (Phi) is 3.51. The van der Waals surface area contributed by atoms with Crippen molar-refractivity contribution in [3.05, 3.63) is 18.0 Å². The molecule has 2 fully saturated rings. The molecule has 1 saturated carbocycles. The van der Waals surface area contributed by atoms with Crippen molar-refractivity contribution < 1.29 is 13.2 Å². The van der Waals surface area contributed by atoms with Gasteiger partial charge in [0.25, 0.3) is 5.91 Å². The van der Waals surface area contributed by atoms with Gasteiger partial charge in [-0.3, -0.25) is 9.48 Å². The molecule has 1 aliphatic carbocycles. The first-order valence-electron chi connectivity index (χ1n) is 6.87. The minimum atomic E-state index is -3.24. The third-order valence-corrected chi connectivity index (χ3v) is 5.29. The summed E-state index contributed by atoms with van der Waals surface area (Å²) in [5, 5.41) is 4.24. The highest BCUT2D eigenvalue weighted by atomic mass is 32.2. The molecule has 0 atom stereocenters. The second kappa shape index (κ2) is 5.17. The van der Waals surface area contributed by atoms with E-state index >= 15 is 0 Å². The first kappa shape index (κ1) is 13.6. The quantitative estimate of drug-likeness (QED) is 0.832. The number of nitrogens with one attached hydrogen (secondary N) is 1. The summed E-state index contributed by atoms with van der Waals surface area (Å²) < 4.78 is 27.2. The van der Waals surface area contributed by atoms with E-state index in [0.29, 0.717) is 18.3 Å². The maximum atomic E-state index is 12.5. The van der Waals surface area contributed by atoms with E-state index in [0.717, 1.165) is 12.8 Å². The first-order valence-corrected chi connectivity index (χ1v) is 8.52. The number of sulfonamides is 1. The zero-order valence-electron chi connectivity index (χ0n) is 11.2. The van der Waals surface area contributed by atoms with Gasteiger partial charge in [0.15, 0.2) is 0 Å². The van der Waals surface area contributed by atoms with Crippen LogP contribution in [0.2, 0.25) is 0 Å². The van der Waals surface area contributed by atoms with Crippen LogP contribution in [-0.4, -0.2) is 54.4 Å². The number of nitrogens with zero attached hydrogens (tertiary/aromatic N) is 3. The summed E-state index contributed by atoms with van der Waals surface area (Å²) in [6.07, 6.45) is 4.91. The molecule has 3 rings (SSSR count). The Morgan fingerprint density at radius 1 is 1.35 bits per heavy atom. The van der Waals surface area contributed by atoms with Crippen LogP contribution in [0.5, 0.6) is 0 Å². The lowest BCUT2D eigenvalue weighted by Gasteiger charge is -2.28. The molecule has 2 aliphatic rings. The molecule has 8 heteroatoms. The van der Waals surface area contributed by atoms with Crippen molar-refractivity contribution in [2.75, 3.05) is 25.4 Å². The SMILES string of the molecule is O=C(c1ccnn1C1CCC1)N1CCNS(=O)(=O)CC1. The number of hydrogen-bond donors (Lipinski definition) is 1. The summed E-state index contributed by atoms with van der Waals surface area (Å²) in [7, 11) is -3.24. The number of aromatic nitrogens is 2. The highest BCUT2D eigenvalue weighted by Crippen LogP contribution is 2.32. The Hall–Kier alpha value is -1.41. The molecule has 0 aromatic carbocycles. The van der Waals surface area contributed by atoms with E-state index in [2.05, 4.69) is 9.82 Å². The molecule has 1 saturated heterocycles. The largest absolute Gasteiger partial charge is 0.335 e. The van der Waals surface area contributed by atoms with Crippen LogP contribution in [0.3, 0.4) is 0 Å². The highest BCUT2D eigenvalue weighted by Gasteiger charge is 2.28. The van der Waals surface area contributed by atoms with Crippen molar-refractivity contribution in [2.24, 2.45) is 0 Å². The summed E-state index contributed by atoms with van der Waals surface area (Å²) in [4.78, 5) is 14.1. The van der Waals surface area contributed by atoms with Gasteiger partial charge in [-0.05, 0) is 25.3 Å². The third kappa shape index (κ3) is 2.57. The molecule has 0 unspecified atom stereocenters. The molecule has 0 spiro atoms. The molecular weight excluding hydrogens is 280 g/mol. The summed E-state index contributed by atoms with van der Waals surface area (Å²) in [6, 6.07) is 2.03. The molecule has 1 N–H and O–H groups in total. The van der Waals surface area contributed by atoms with Crippen molar-refractivity contribution in [3.63, 3.8) is 0 Å². The fraction of sp³-hybridized carbons (Fsp3) is 0.667. The molecule has 0 radical (unpaired) electrons. The number of hydrogen-bond acceptors (Lipinski definition) is 4. The van der Waals surface area contributed by atoms with Crippen LogP contribution in [0, 0.1) is 0 Å². The number of carbonyl (C=O) groups is 1. The number of carbonyl (C=O) groups excluding carboxylic acids is 1. The second-order valence-electron chi connectivity index (χ2n) is 5.25. The van der Waals surface area contributed by atoms with E-state index in [1.807, 2.05) is 0 Å². The van der Waals surface area contributed by atoms with Crippen molar-refractivity contribution in [2.45, 2.75) is 25.3 Å². The predicted molar refractivity (Wildman–Crippen MR) is 72.8 cm³/mol. The van der Waals surface area contributed by atoms with E-state index in [9.17, 15) is 13.2 Å². The van der Waals surface area contributed by atoms with Gasteiger partial charge in [-0.15, -0.1) is 0 Å². The van der Waals surface area contributed by atoms with Crippen LogP contribution < -0.4 is 4.72 Å². The Labute approximate surface area is 118 Å². The lowest BCUT2D eigenvalue weighted by Crippen LogP contribution is -2.37. The summed E-state index contributed by atoms with van der Waals surface area (Å²) in [5.74, 6) is -0.177. The van der Waals surface area contributed by atoms with Gasteiger partial charge in [0.2, 0.25) is 10.0 Å². The van der Waals surface area contributed by atoms with Gasteiger partial charge in [-0.2, -0.15) is 5.10 Å². The average Bonchev–Trinajstić information content (AvgIpc) is 2.71. The molecule has 7 nitrogen and oxygen atoms in total. The van der Waals surface area contributed by atoms with Crippen LogP contribution in [0.4, 0.5) is 0 Å². The lowest BCUT2D eigenvalue weighted by molar-refractivity contribution is 0.0751. The lowest BCUT2D eigenvalue weighted by atomic mass is 9.93. The van der Waals surface area contributed by atoms with Crippen molar-refractivity contribution in [1.82, 2.24) is 19.4 Å². The molecule has 110 valence electrons. The Bertz CT molecular complexity index is 606. The third-order valence-electron chi connectivity index (χ3n) is 3.93. The van der Waals surface area contributed by atoms with Gasteiger partial charge in [-0.1, -0.05) is 0 Å². The fourth-order valence-corrected chi connectivity index (χ4v) is 3.53. The standard InChI is InChI=1S/C12H18N4O3S/c17-12(15-7-6-14-20(18,19)9-8-15)11-4-5-13-16(11)10-2-1-3-10/h4-5,10,14H,1-3,6-9H2. The number of amides is 1. The van der Waals surface area contributed by atoms with E-state index in [1.54, 1.807) is 21.8 Å². The van der Waals surface area contributed by atoms with Crippen LogP contribution in [0.1, 0.15) is 35.8 Å². The van der Waals surface area contributed by atoms with Crippen molar-refractivity contribution in [1.29, 1.82) is 0 Å². The Morgan fingerprint density at radius 3 is 2.85 bits per heavy atom. The van der Waals surface area contributed by atoms with Crippen LogP contribution in [-0.2, 0) is 10.0 Å². The summed E-state index contributed by atoms with van der Waals surface area (Å²) in [5.41, 5.74) is 0.564. The second-order valence-corrected chi connectivity index (χ2v) is 7.18. The van der Waals surface area contributed by atoms with Gasteiger partial charge in [0, 0.05) is 25.8 Å². The van der Waals surface area contributed by atoms with Gasteiger partial charge < -0.3 is 4.90 Å². The van der Waals surface area contributed by atoms with Gasteiger partial charge >= 0.3 is 0 Å². The predicted octanol–water partition coefficient (Wildman–Crippen LogP) is -0.0167. The van der Waals surface area contributed by atoms with Crippen LogP contribution in [0.15, 0.2) is 12.3 Å². The molecule has 1 aromatic heterocycles. The molecule has 1 aliphatic heterocycles.